The van der Waals surface area contributed by atoms with Crippen molar-refractivity contribution in [1.29, 1.82) is 0 Å². The molecule has 0 bridgehead atoms. The molecule has 3 N–H and O–H groups in total. The van der Waals surface area contributed by atoms with E-state index in [-0.39, 0.29) is 12.0 Å². The van der Waals surface area contributed by atoms with E-state index >= 15 is 0 Å². The standard InChI is InChI=1S/C14H17N3O2S/c1-3-19-13(18)11-9(2)17(15)14(20)16-12(11)10-7-5-4-6-8-10/h4-8,12H,3,15H2,1-2H3,(H,16,20). The monoisotopic (exact) mass is 291 g/mol. The minimum absolute atomic E-state index is 0.312. The van der Waals surface area contributed by atoms with Crippen LogP contribution in [0.5, 0.6) is 0 Å². The molecule has 0 saturated carbocycles. The lowest BCUT2D eigenvalue weighted by molar-refractivity contribution is -0.139. The fourth-order valence-electron chi connectivity index (χ4n) is 2.13. The average Bonchev–Trinajstić information content (AvgIpc) is 2.45. The lowest BCUT2D eigenvalue weighted by Gasteiger charge is -2.34. The largest absolute Gasteiger partial charge is 0.463 e. The van der Waals surface area contributed by atoms with Crippen LogP contribution in [0.2, 0.25) is 0 Å². The first-order valence-electron chi connectivity index (χ1n) is 6.34. The zero-order valence-corrected chi connectivity index (χ0v) is 12.2. The third-order valence-electron chi connectivity index (χ3n) is 3.15. The number of carbonyl (C=O) groups excluding carboxylic acids is 1. The molecule has 1 atom stereocenters. The number of hydrogen-bond acceptors (Lipinski definition) is 4. The Hall–Kier alpha value is -1.92. The molecule has 0 spiro atoms. The summed E-state index contributed by atoms with van der Waals surface area (Å²) in [5.74, 6) is 5.47. The van der Waals surface area contributed by atoms with Crippen LogP contribution in [0, 0.1) is 0 Å². The van der Waals surface area contributed by atoms with Crippen LogP contribution >= 0.6 is 12.2 Å². The molecule has 1 aromatic carbocycles. The zero-order valence-electron chi connectivity index (χ0n) is 11.4. The molecule has 0 saturated heterocycles. The van der Waals surface area contributed by atoms with E-state index < -0.39 is 0 Å². The number of nitrogens with one attached hydrogen (secondary N) is 1. The maximum atomic E-state index is 12.2. The predicted octanol–water partition coefficient (Wildman–Crippen LogP) is 1.63. The lowest BCUT2D eigenvalue weighted by Crippen LogP contribution is -2.50. The number of allylic oxidation sites excluding steroid dienone is 1. The molecular formula is C14H17N3O2S. The van der Waals surface area contributed by atoms with Crippen molar-refractivity contribution in [3.63, 3.8) is 0 Å². The molecule has 1 aliphatic heterocycles. The van der Waals surface area contributed by atoms with Crippen molar-refractivity contribution >= 4 is 23.3 Å². The maximum absolute atomic E-state index is 12.2. The van der Waals surface area contributed by atoms with Gasteiger partial charge in [-0.3, -0.25) is 5.01 Å². The van der Waals surface area contributed by atoms with E-state index in [1.807, 2.05) is 30.3 Å². The fourth-order valence-corrected chi connectivity index (χ4v) is 2.38. The van der Waals surface area contributed by atoms with Crippen LogP contribution in [0.3, 0.4) is 0 Å². The van der Waals surface area contributed by atoms with Gasteiger partial charge in [0.2, 0.25) is 0 Å². The summed E-state index contributed by atoms with van der Waals surface area (Å²) < 4.78 is 5.12. The van der Waals surface area contributed by atoms with Gasteiger partial charge in [0, 0.05) is 5.70 Å². The number of nitrogens with zero attached hydrogens (tertiary/aromatic N) is 1. The number of hydrazine groups is 1. The van der Waals surface area contributed by atoms with Crippen molar-refractivity contribution in [3.8, 4) is 0 Å². The van der Waals surface area contributed by atoms with Gasteiger partial charge in [-0.2, -0.15) is 0 Å². The smallest absolute Gasteiger partial charge is 0.338 e. The number of hydrogen-bond donors (Lipinski definition) is 2. The van der Waals surface area contributed by atoms with Gasteiger partial charge in [0.15, 0.2) is 5.11 Å². The highest BCUT2D eigenvalue weighted by molar-refractivity contribution is 7.80. The van der Waals surface area contributed by atoms with Gasteiger partial charge in [0.25, 0.3) is 0 Å². The summed E-state index contributed by atoms with van der Waals surface area (Å²) >= 11 is 5.19. The van der Waals surface area contributed by atoms with Crippen LogP contribution in [0.1, 0.15) is 25.5 Å². The van der Waals surface area contributed by atoms with Crippen LogP contribution < -0.4 is 11.2 Å². The first-order valence-corrected chi connectivity index (χ1v) is 6.75. The lowest BCUT2D eigenvalue weighted by atomic mass is 9.95. The van der Waals surface area contributed by atoms with Crippen LogP contribution in [-0.4, -0.2) is 22.7 Å². The summed E-state index contributed by atoms with van der Waals surface area (Å²) in [5, 5.41) is 4.75. The second-order valence-corrected chi connectivity index (χ2v) is 4.77. The summed E-state index contributed by atoms with van der Waals surface area (Å²) in [4.78, 5) is 12.2. The third-order valence-corrected chi connectivity index (χ3v) is 3.47. The van der Waals surface area contributed by atoms with Gasteiger partial charge >= 0.3 is 5.97 Å². The average molecular weight is 291 g/mol. The van der Waals surface area contributed by atoms with Crippen molar-refractivity contribution in [3.05, 3.63) is 47.2 Å². The molecule has 0 fully saturated rings. The van der Waals surface area contributed by atoms with Crippen molar-refractivity contribution in [1.82, 2.24) is 10.3 Å². The Morgan fingerprint density at radius 1 is 1.45 bits per heavy atom. The normalized spacial score (nSPS) is 18.9. The number of esters is 1. The summed E-state index contributed by atoms with van der Waals surface area (Å²) in [7, 11) is 0. The van der Waals surface area contributed by atoms with Crippen LogP contribution in [0.25, 0.3) is 0 Å². The highest BCUT2D eigenvalue weighted by Crippen LogP contribution is 2.29. The summed E-state index contributed by atoms with van der Waals surface area (Å²) in [6.07, 6.45) is 0. The molecule has 20 heavy (non-hydrogen) atoms. The number of thiocarbonyl (C=S) groups is 1. The Labute approximate surface area is 123 Å². The molecule has 6 heteroatoms. The zero-order chi connectivity index (χ0) is 14.7. The quantitative estimate of drug-likeness (QED) is 0.501. The molecule has 2 rings (SSSR count). The molecule has 0 amide bonds. The highest BCUT2D eigenvalue weighted by atomic mass is 32.1. The van der Waals surface area contributed by atoms with Gasteiger partial charge in [0.05, 0.1) is 18.2 Å². The van der Waals surface area contributed by atoms with E-state index in [4.69, 9.17) is 22.8 Å². The van der Waals surface area contributed by atoms with Crippen molar-refractivity contribution < 1.29 is 9.53 Å². The number of rotatable bonds is 3. The molecular weight excluding hydrogens is 274 g/mol. The molecule has 5 nitrogen and oxygen atoms in total. The highest BCUT2D eigenvalue weighted by Gasteiger charge is 2.33. The molecule has 106 valence electrons. The van der Waals surface area contributed by atoms with Gasteiger partial charge in [0.1, 0.15) is 0 Å². The van der Waals surface area contributed by atoms with E-state index in [0.29, 0.717) is 23.0 Å². The Morgan fingerprint density at radius 3 is 2.70 bits per heavy atom. The van der Waals surface area contributed by atoms with Gasteiger partial charge in [-0.25, -0.2) is 10.6 Å². The molecule has 1 heterocycles. The first kappa shape index (κ1) is 14.5. The van der Waals surface area contributed by atoms with E-state index in [1.54, 1.807) is 13.8 Å². The number of nitrogens with two attached hydrogens (primary N) is 1. The molecule has 1 aromatic rings. The Morgan fingerprint density at radius 2 is 2.10 bits per heavy atom. The SMILES string of the molecule is CCOC(=O)C1=C(C)N(N)C(=S)NC1c1ccccc1. The summed E-state index contributed by atoms with van der Waals surface area (Å²) in [6, 6.07) is 9.25. The van der Waals surface area contributed by atoms with Crippen LogP contribution in [0.15, 0.2) is 41.6 Å². The predicted molar refractivity (Wildman–Crippen MR) is 80.3 cm³/mol. The van der Waals surface area contributed by atoms with Crippen molar-refractivity contribution in [2.45, 2.75) is 19.9 Å². The van der Waals surface area contributed by atoms with E-state index in [9.17, 15) is 4.79 Å². The number of ether oxygens (including phenoxy) is 1. The van der Waals surface area contributed by atoms with E-state index in [0.717, 1.165) is 5.56 Å². The Bertz CT molecular complexity index is 557. The van der Waals surface area contributed by atoms with Gasteiger partial charge < -0.3 is 10.1 Å². The molecule has 0 aliphatic carbocycles. The summed E-state index contributed by atoms with van der Waals surface area (Å²) in [5.41, 5.74) is 2.01. The Balaban J connectivity index is 2.48. The second kappa shape index (κ2) is 6.02. The topological polar surface area (TPSA) is 67.6 Å². The van der Waals surface area contributed by atoms with Crippen molar-refractivity contribution in [2.75, 3.05) is 6.61 Å². The van der Waals surface area contributed by atoms with Gasteiger partial charge in [-0.05, 0) is 31.6 Å². The Kier molecular flexibility index (Phi) is 4.36. The summed E-state index contributed by atoms with van der Waals surface area (Å²) in [6.45, 7) is 3.84. The molecule has 0 radical (unpaired) electrons. The van der Waals surface area contributed by atoms with Gasteiger partial charge in [-0.15, -0.1) is 0 Å². The van der Waals surface area contributed by atoms with Crippen LogP contribution in [0.4, 0.5) is 0 Å². The first-order chi connectivity index (χ1) is 9.56. The fraction of sp³-hybridized carbons (Fsp3) is 0.286. The molecule has 1 aliphatic rings. The van der Waals surface area contributed by atoms with Crippen molar-refractivity contribution in [2.24, 2.45) is 5.84 Å². The van der Waals surface area contributed by atoms with Crippen LogP contribution in [-0.2, 0) is 9.53 Å². The maximum Gasteiger partial charge on any atom is 0.338 e. The number of carbonyl (C=O) groups is 1. The van der Waals surface area contributed by atoms with E-state index in [1.165, 1.54) is 5.01 Å². The van der Waals surface area contributed by atoms with Gasteiger partial charge in [-0.1, -0.05) is 30.3 Å². The second-order valence-electron chi connectivity index (χ2n) is 4.38. The van der Waals surface area contributed by atoms with E-state index in [2.05, 4.69) is 5.32 Å². The minimum atomic E-state index is -0.385. The molecule has 1 unspecified atom stereocenters. The number of benzene rings is 1. The third kappa shape index (κ3) is 2.66. The molecule has 0 aromatic heterocycles. The minimum Gasteiger partial charge on any atom is -0.463 e.